The van der Waals surface area contributed by atoms with Crippen LogP contribution in [-0.4, -0.2) is 46.9 Å². The predicted molar refractivity (Wildman–Crippen MR) is 282 cm³/mol. The van der Waals surface area contributed by atoms with Crippen LogP contribution >= 0.6 is 0 Å². The largest absolute Gasteiger partial charge is 0.462 e. The van der Waals surface area contributed by atoms with Gasteiger partial charge in [-0.3, -0.25) is 9.59 Å². The van der Waals surface area contributed by atoms with E-state index in [2.05, 4.69) is 74.7 Å². The van der Waals surface area contributed by atoms with E-state index in [1.54, 1.807) is 0 Å². The lowest BCUT2D eigenvalue weighted by Gasteiger charge is -2.24. The molecule has 0 heterocycles. The summed E-state index contributed by atoms with van der Waals surface area (Å²) in [6, 6.07) is -0.722. The third kappa shape index (κ3) is 47.6. The molecule has 65 heavy (non-hydrogen) atoms. The van der Waals surface area contributed by atoms with E-state index in [1.165, 1.54) is 135 Å². The topological polar surface area (TPSA) is 95.9 Å². The van der Waals surface area contributed by atoms with Crippen molar-refractivity contribution in [1.29, 1.82) is 0 Å². The van der Waals surface area contributed by atoms with Crippen molar-refractivity contribution in [2.24, 2.45) is 0 Å². The first kappa shape index (κ1) is 62.3. The lowest BCUT2D eigenvalue weighted by atomic mass is 10.0. The standard InChI is InChI=1S/C59H105NO5/c1-4-7-10-13-16-19-22-25-27-29-31-34-36-39-42-45-48-51-57(62)56(54-61)60-58(63)53-55(50-47-44-41-38-35-33-30-28-26-23-20-17-14-11-8-5-2)65-59(64)52-49-46-43-40-37-32-24-21-18-15-12-9-6-3/h9,12,15,18,21,24,28,30,32-33,35,37,55-57,61-62H,4-8,10-11,13-14,16-17,19-20,22-23,25-27,29,31,34,36,38-54H2,1-3H3,(H,60,63)/b12-9+,18-15+,24-21-,30-28+,35-33+,37-32-. The van der Waals surface area contributed by atoms with Crippen LogP contribution in [0.2, 0.25) is 0 Å². The maximum absolute atomic E-state index is 13.2. The van der Waals surface area contributed by atoms with Crippen molar-refractivity contribution in [3.63, 3.8) is 0 Å². The highest BCUT2D eigenvalue weighted by Gasteiger charge is 2.24. The molecule has 0 saturated heterocycles. The number of hydrogen-bond acceptors (Lipinski definition) is 5. The van der Waals surface area contributed by atoms with Crippen molar-refractivity contribution in [3.05, 3.63) is 72.9 Å². The van der Waals surface area contributed by atoms with Gasteiger partial charge in [-0.05, 0) is 70.6 Å². The van der Waals surface area contributed by atoms with Crippen LogP contribution < -0.4 is 5.32 Å². The van der Waals surface area contributed by atoms with E-state index in [1.807, 2.05) is 24.3 Å². The molecule has 3 N–H and O–H groups in total. The summed E-state index contributed by atoms with van der Waals surface area (Å²) < 4.78 is 5.91. The van der Waals surface area contributed by atoms with Crippen LogP contribution in [-0.2, 0) is 14.3 Å². The number of carbonyl (C=O) groups is 2. The Morgan fingerprint density at radius 2 is 0.831 bits per heavy atom. The molecule has 0 aromatic rings. The number of ether oxygens (including phenoxy) is 1. The molecular formula is C59H105NO5. The van der Waals surface area contributed by atoms with Gasteiger partial charge in [0, 0.05) is 6.42 Å². The number of nitrogens with one attached hydrogen (secondary N) is 1. The number of carbonyl (C=O) groups excluding carboxylic acids is 2. The maximum atomic E-state index is 13.2. The number of rotatable bonds is 49. The predicted octanol–water partition coefficient (Wildman–Crippen LogP) is 17.0. The molecule has 0 saturated carbocycles. The second-order valence-corrected chi connectivity index (χ2v) is 18.7. The number of hydrogen-bond donors (Lipinski definition) is 3. The fourth-order valence-electron chi connectivity index (χ4n) is 8.20. The summed E-state index contributed by atoms with van der Waals surface area (Å²) in [5, 5.41) is 23.8. The minimum Gasteiger partial charge on any atom is -0.462 e. The zero-order chi connectivity index (χ0) is 47.4. The van der Waals surface area contributed by atoms with Crippen LogP contribution in [0, 0.1) is 0 Å². The Hall–Kier alpha value is -2.70. The van der Waals surface area contributed by atoms with Gasteiger partial charge in [0.25, 0.3) is 0 Å². The van der Waals surface area contributed by atoms with E-state index >= 15 is 0 Å². The fraction of sp³-hybridized carbons (Fsp3) is 0.763. The Bertz CT molecular complexity index is 1200. The van der Waals surface area contributed by atoms with E-state index in [0.717, 1.165) is 83.5 Å². The molecule has 3 atom stereocenters. The molecule has 3 unspecified atom stereocenters. The van der Waals surface area contributed by atoms with E-state index < -0.39 is 18.2 Å². The normalized spacial score (nSPS) is 13.7. The molecule has 0 aliphatic rings. The van der Waals surface area contributed by atoms with Crippen molar-refractivity contribution in [2.45, 2.75) is 283 Å². The number of amides is 1. The molecule has 0 aliphatic carbocycles. The van der Waals surface area contributed by atoms with Crippen molar-refractivity contribution in [1.82, 2.24) is 5.32 Å². The summed E-state index contributed by atoms with van der Waals surface area (Å²) in [5.74, 6) is -0.544. The Morgan fingerprint density at radius 3 is 1.29 bits per heavy atom. The van der Waals surface area contributed by atoms with Gasteiger partial charge < -0.3 is 20.3 Å². The van der Waals surface area contributed by atoms with E-state index in [9.17, 15) is 19.8 Å². The molecule has 0 aromatic heterocycles. The van der Waals surface area contributed by atoms with Gasteiger partial charge in [0.15, 0.2) is 0 Å². The molecule has 6 nitrogen and oxygen atoms in total. The molecule has 0 spiro atoms. The van der Waals surface area contributed by atoms with Crippen LogP contribution in [0.3, 0.4) is 0 Å². The summed E-state index contributed by atoms with van der Waals surface area (Å²) >= 11 is 0. The van der Waals surface area contributed by atoms with Crippen LogP contribution in [0.15, 0.2) is 72.9 Å². The summed E-state index contributed by atoms with van der Waals surface area (Å²) in [6.07, 6.45) is 66.8. The van der Waals surface area contributed by atoms with Gasteiger partial charge in [-0.2, -0.15) is 0 Å². The van der Waals surface area contributed by atoms with Gasteiger partial charge in [0.2, 0.25) is 5.91 Å². The monoisotopic (exact) mass is 908 g/mol. The van der Waals surface area contributed by atoms with E-state index in [0.29, 0.717) is 19.3 Å². The van der Waals surface area contributed by atoms with Crippen molar-refractivity contribution in [3.8, 4) is 0 Å². The Labute approximate surface area is 402 Å². The third-order valence-corrected chi connectivity index (χ3v) is 12.4. The zero-order valence-corrected chi connectivity index (χ0v) is 42.9. The van der Waals surface area contributed by atoms with Gasteiger partial charge in [-0.25, -0.2) is 0 Å². The quantitative estimate of drug-likeness (QED) is 0.0321. The van der Waals surface area contributed by atoms with Gasteiger partial charge >= 0.3 is 5.97 Å². The first-order valence-electron chi connectivity index (χ1n) is 27.7. The highest BCUT2D eigenvalue weighted by atomic mass is 16.5. The molecule has 0 bridgehead atoms. The summed E-state index contributed by atoms with van der Waals surface area (Å²) in [7, 11) is 0. The second kappa shape index (κ2) is 52.3. The van der Waals surface area contributed by atoms with Crippen LogP contribution in [0.5, 0.6) is 0 Å². The maximum Gasteiger partial charge on any atom is 0.306 e. The minimum atomic E-state index is -0.805. The van der Waals surface area contributed by atoms with E-state index in [4.69, 9.17) is 4.74 Å². The number of unbranched alkanes of at least 4 members (excludes halogenated alkanes) is 29. The highest BCUT2D eigenvalue weighted by Crippen LogP contribution is 2.18. The van der Waals surface area contributed by atoms with Crippen LogP contribution in [0.25, 0.3) is 0 Å². The summed E-state index contributed by atoms with van der Waals surface area (Å²) in [4.78, 5) is 26.2. The van der Waals surface area contributed by atoms with Crippen molar-refractivity contribution < 1.29 is 24.5 Å². The molecule has 0 radical (unpaired) electrons. The highest BCUT2D eigenvalue weighted by molar-refractivity contribution is 5.77. The fourth-order valence-corrected chi connectivity index (χ4v) is 8.20. The lowest BCUT2D eigenvalue weighted by Crippen LogP contribution is -2.46. The average molecular weight is 908 g/mol. The van der Waals surface area contributed by atoms with Gasteiger partial charge in [-0.1, -0.05) is 254 Å². The Balaban J connectivity index is 4.63. The smallest absolute Gasteiger partial charge is 0.306 e. The SMILES string of the molecule is CC/C=C/C=C/C=C\C=C/CCCCCC(=O)OC(CCCCC/C=C/C=C/CCCCCCCCC)CC(=O)NC(CO)C(O)CCCCCCCCCCCCCCCCCCC. The van der Waals surface area contributed by atoms with Gasteiger partial charge in [-0.15, -0.1) is 0 Å². The van der Waals surface area contributed by atoms with Crippen molar-refractivity contribution in [2.75, 3.05) is 6.61 Å². The zero-order valence-electron chi connectivity index (χ0n) is 42.9. The second-order valence-electron chi connectivity index (χ2n) is 18.7. The molecular weight excluding hydrogens is 803 g/mol. The third-order valence-electron chi connectivity index (χ3n) is 12.4. The minimum absolute atomic E-state index is 0.0416. The lowest BCUT2D eigenvalue weighted by molar-refractivity contribution is -0.151. The first-order valence-corrected chi connectivity index (χ1v) is 27.7. The Kier molecular flexibility index (Phi) is 50.1. The number of aliphatic hydroxyl groups is 2. The summed E-state index contributed by atoms with van der Waals surface area (Å²) in [6.45, 7) is 6.34. The summed E-state index contributed by atoms with van der Waals surface area (Å²) in [5.41, 5.74) is 0. The van der Waals surface area contributed by atoms with E-state index in [-0.39, 0.29) is 24.9 Å². The Morgan fingerprint density at radius 1 is 0.462 bits per heavy atom. The first-order chi connectivity index (χ1) is 32.0. The molecule has 1 amide bonds. The van der Waals surface area contributed by atoms with Crippen LogP contribution in [0.1, 0.15) is 265 Å². The van der Waals surface area contributed by atoms with Gasteiger partial charge in [0.05, 0.1) is 25.2 Å². The molecule has 0 rings (SSSR count). The van der Waals surface area contributed by atoms with Crippen molar-refractivity contribution >= 4 is 11.9 Å². The molecule has 6 heteroatoms. The number of esters is 1. The molecule has 0 fully saturated rings. The average Bonchev–Trinajstić information content (AvgIpc) is 3.30. The number of aliphatic hydroxyl groups excluding tert-OH is 2. The van der Waals surface area contributed by atoms with Crippen LogP contribution in [0.4, 0.5) is 0 Å². The molecule has 376 valence electrons. The molecule has 0 aromatic carbocycles. The van der Waals surface area contributed by atoms with Gasteiger partial charge in [0.1, 0.15) is 6.10 Å². The molecule has 0 aliphatic heterocycles. The number of allylic oxidation sites excluding steroid dienone is 12.